The van der Waals surface area contributed by atoms with Crippen molar-refractivity contribution in [1.29, 1.82) is 0 Å². The van der Waals surface area contributed by atoms with Crippen molar-refractivity contribution >= 4 is 43.4 Å². The van der Waals surface area contributed by atoms with Crippen LogP contribution in [0.4, 0.5) is 5.69 Å². The number of halogens is 1. The van der Waals surface area contributed by atoms with Gasteiger partial charge in [-0.3, -0.25) is 0 Å². The first-order chi connectivity index (χ1) is 8.24. The van der Waals surface area contributed by atoms with Gasteiger partial charge in [0.05, 0.1) is 0 Å². The van der Waals surface area contributed by atoms with Gasteiger partial charge in [0, 0.05) is 28.1 Å². The van der Waals surface area contributed by atoms with Crippen LogP contribution in [-0.4, -0.2) is 15.0 Å². The number of nitrogens with two attached hydrogens (primary N) is 1. The van der Waals surface area contributed by atoms with E-state index in [1.165, 1.54) is 11.3 Å². The standard InChI is InChI=1S/C11H7BrN4S/c12-6-1-2-8(13)7(5-6)10-16-9-11(17-10)15-4-3-14-9/h1-5H,13H2. The summed E-state index contributed by atoms with van der Waals surface area (Å²) in [7, 11) is 0. The summed E-state index contributed by atoms with van der Waals surface area (Å²) in [5.74, 6) is 0. The molecular formula is C11H7BrN4S. The number of benzene rings is 1. The molecule has 0 fully saturated rings. The molecule has 0 amide bonds. The van der Waals surface area contributed by atoms with Crippen LogP contribution in [0.15, 0.2) is 35.1 Å². The first-order valence-corrected chi connectivity index (χ1v) is 6.48. The largest absolute Gasteiger partial charge is 0.398 e. The van der Waals surface area contributed by atoms with Crippen LogP contribution < -0.4 is 5.73 Å². The normalized spacial score (nSPS) is 10.9. The molecule has 0 unspecified atom stereocenters. The minimum absolute atomic E-state index is 0.659. The summed E-state index contributed by atoms with van der Waals surface area (Å²) in [6.45, 7) is 0. The zero-order chi connectivity index (χ0) is 11.8. The number of hydrogen-bond acceptors (Lipinski definition) is 5. The van der Waals surface area contributed by atoms with Crippen LogP contribution in [-0.2, 0) is 0 Å². The fourth-order valence-corrected chi connectivity index (χ4v) is 2.77. The molecule has 6 heteroatoms. The smallest absolute Gasteiger partial charge is 0.190 e. The van der Waals surface area contributed by atoms with Gasteiger partial charge in [-0.15, -0.1) is 0 Å². The van der Waals surface area contributed by atoms with Gasteiger partial charge in [-0.05, 0) is 18.2 Å². The summed E-state index contributed by atoms with van der Waals surface area (Å²) in [6, 6.07) is 5.71. The van der Waals surface area contributed by atoms with Crippen molar-refractivity contribution in [3.8, 4) is 10.6 Å². The van der Waals surface area contributed by atoms with Crippen LogP contribution in [0.5, 0.6) is 0 Å². The predicted molar refractivity (Wildman–Crippen MR) is 72.8 cm³/mol. The van der Waals surface area contributed by atoms with E-state index >= 15 is 0 Å². The van der Waals surface area contributed by atoms with Crippen molar-refractivity contribution < 1.29 is 0 Å². The molecule has 0 aliphatic carbocycles. The van der Waals surface area contributed by atoms with Gasteiger partial charge in [0.2, 0.25) is 0 Å². The molecule has 84 valence electrons. The Balaban J connectivity index is 2.23. The van der Waals surface area contributed by atoms with Crippen molar-refractivity contribution in [2.75, 3.05) is 5.73 Å². The molecule has 3 rings (SSSR count). The Morgan fingerprint density at radius 3 is 2.82 bits per heavy atom. The number of aromatic nitrogens is 3. The van der Waals surface area contributed by atoms with Crippen LogP contribution in [0.3, 0.4) is 0 Å². The number of rotatable bonds is 1. The van der Waals surface area contributed by atoms with Crippen LogP contribution in [0, 0.1) is 0 Å². The molecular weight excluding hydrogens is 300 g/mol. The maximum atomic E-state index is 5.95. The molecule has 0 radical (unpaired) electrons. The second-order valence-corrected chi connectivity index (χ2v) is 5.33. The highest BCUT2D eigenvalue weighted by molar-refractivity contribution is 9.10. The Hall–Kier alpha value is -1.53. The van der Waals surface area contributed by atoms with E-state index in [-0.39, 0.29) is 0 Å². The van der Waals surface area contributed by atoms with Crippen molar-refractivity contribution in [2.45, 2.75) is 0 Å². The third-order valence-electron chi connectivity index (χ3n) is 2.29. The van der Waals surface area contributed by atoms with Gasteiger partial charge in [0.25, 0.3) is 0 Å². The first kappa shape index (κ1) is 10.6. The molecule has 3 aromatic rings. The lowest BCUT2D eigenvalue weighted by Crippen LogP contribution is -1.89. The monoisotopic (exact) mass is 306 g/mol. The third kappa shape index (κ3) is 1.89. The van der Waals surface area contributed by atoms with Crippen LogP contribution in [0.25, 0.3) is 21.0 Å². The molecule has 2 N–H and O–H groups in total. The molecule has 2 heterocycles. The number of hydrogen-bond donors (Lipinski definition) is 1. The van der Waals surface area contributed by atoms with E-state index in [0.717, 1.165) is 19.9 Å². The highest BCUT2D eigenvalue weighted by Gasteiger charge is 2.10. The van der Waals surface area contributed by atoms with E-state index in [1.54, 1.807) is 12.4 Å². The fraction of sp³-hybridized carbons (Fsp3) is 0. The van der Waals surface area contributed by atoms with Crippen LogP contribution in [0.2, 0.25) is 0 Å². The highest BCUT2D eigenvalue weighted by atomic mass is 79.9. The first-order valence-electron chi connectivity index (χ1n) is 4.87. The Bertz CT molecular complexity index is 662. The van der Waals surface area contributed by atoms with Gasteiger partial charge < -0.3 is 5.73 Å². The lowest BCUT2D eigenvalue weighted by molar-refractivity contribution is 1.26. The summed E-state index contributed by atoms with van der Waals surface area (Å²) in [5.41, 5.74) is 8.22. The Kier molecular flexibility index (Phi) is 2.53. The van der Waals surface area contributed by atoms with Crippen molar-refractivity contribution in [3.63, 3.8) is 0 Å². The molecule has 1 aromatic carbocycles. The van der Waals surface area contributed by atoms with E-state index in [9.17, 15) is 0 Å². The van der Waals surface area contributed by atoms with E-state index in [0.29, 0.717) is 11.3 Å². The molecule has 0 bridgehead atoms. The summed E-state index contributed by atoms with van der Waals surface area (Å²) in [5, 5.41) is 0.838. The van der Waals surface area contributed by atoms with E-state index in [2.05, 4.69) is 30.9 Å². The molecule has 17 heavy (non-hydrogen) atoms. The Morgan fingerprint density at radius 1 is 1.18 bits per heavy atom. The van der Waals surface area contributed by atoms with Gasteiger partial charge in [-0.2, -0.15) is 0 Å². The highest BCUT2D eigenvalue weighted by Crippen LogP contribution is 2.33. The Labute approximate surface area is 110 Å². The molecule has 0 saturated heterocycles. The van der Waals surface area contributed by atoms with Gasteiger partial charge >= 0.3 is 0 Å². The maximum absolute atomic E-state index is 5.95. The lowest BCUT2D eigenvalue weighted by Gasteiger charge is -2.01. The summed E-state index contributed by atoms with van der Waals surface area (Å²) in [4.78, 5) is 13.6. The Morgan fingerprint density at radius 2 is 2.00 bits per heavy atom. The second-order valence-electron chi connectivity index (χ2n) is 3.44. The number of fused-ring (bicyclic) bond motifs is 1. The van der Waals surface area contributed by atoms with Gasteiger partial charge in [-0.1, -0.05) is 27.3 Å². The van der Waals surface area contributed by atoms with E-state index in [4.69, 9.17) is 5.73 Å². The molecule has 0 spiro atoms. The quantitative estimate of drug-likeness (QED) is 0.702. The topological polar surface area (TPSA) is 64.7 Å². The molecule has 0 aliphatic rings. The molecule has 0 saturated carbocycles. The summed E-state index contributed by atoms with van der Waals surface area (Å²) in [6.07, 6.45) is 3.30. The summed E-state index contributed by atoms with van der Waals surface area (Å²) >= 11 is 4.92. The van der Waals surface area contributed by atoms with Gasteiger partial charge in [0.15, 0.2) is 10.5 Å². The molecule has 2 aromatic heterocycles. The minimum Gasteiger partial charge on any atom is -0.398 e. The molecule has 4 nitrogen and oxygen atoms in total. The molecule has 0 atom stereocenters. The van der Waals surface area contributed by atoms with Crippen LogP contribution >= 0.6 is 27.3 Å². The number of nitrogen functional groups attached to an aromatic ring is 1. The van der Waals surface area contributed by atoms with Gasteiger partial charge in [0.1, 0.15) is 5.01 Å². The third-order valence-corrected chi connectivity index (χ3v) is 3.77. The zero-order valence-electron chi connectivity index (χ0n) is 8.59. The minimum atomic E-state index is 0.659. The maximum Gasteiger partial charge on any atom is 0.190 e. The van der Waals surface area contributed by atoms with E-state index in [1.807, 2.05) is 18.2 Å². The van der Waals surface area contributed by atoms with Gasteiger partial charge in [-0.25, -0.2) is 15.0 Å². The lowest BCUT2D eigenvalue weighted by atomic mass is 10.2. The van der Waals surface area contributed by atoms with Crippen molar-refractivity contribution in [3.05, 3.63) is 35.1 Å². The summed E-state index contributed by atoms with van der Waals surface area (Å²) < 4.78 is 0.974. The predicted octanol–water partition coefficient (Wildman–Crippen LogP) is 3.10. The average Bonchev–Trinajstić information content (AvgIpc) is 2.75. The van der Waals surface area contributed by atoms with Crippen LogP contribution in [0.1, 0.15) is 0 Å². The number of nitrogens with zero attached hydrogens (tertiary/aromatic N) is 3. The molecule has 0 aliphatic heterocycles. The second kappa shape index (κ2) is 4.05. The zero-order valence-corrected chi connectivity index (χ0v) is 11.0. The number of thiazole rings is 1. The van der Waals surface area contributed by atoms with Crippen molar-refractivity contribution in [2.24, 2.45) is 0 Å². The fourth-order valence-electron chi connectivity index (χ4n) is 1.51. The van der Waals surface area contributed by atoms with Crippen molar-refractivity contribution in [1.82, 2.24) is 15.0 Å². The van der Waals surface area contributed by atoms with E-state index < -0.39 is 0 Å². The average molecular weight is 307 g/mol. The number of anilines is 1. The SMILES string of the molecule is Nc1ccc(Br)cc1-c1nc2nccnc2s1.